The number of hydrogen-bond donors (Lipinski definition) is 1. The lowest BCUT2D eigenvalue weighted by Crippen LogP contribution is -2.53. The minimum Gasteiger partial charge on any atom is -0.381 e. The first-order chi connectivity index (χ1) is 8.22. The quantitative estimate of drug-likeness (QED) is 0.873. The summed E-state index contributed by atoms with van der Waals surface area (Å²) in [5, 5.41) is 3.62. The van der Waals surface area contributed by atoms with Crippen molar-refractivity contribution in [2.45, 2.75) is 18.9 Å². The molecule has 0 radical (unpaired) electrons. The molecule has 1 unspecified atom stereocenters. The second-order valence-electron chi connectivity index (χ2n) is 5.02. The largest absolute Gasteiger partial charge is 0.381 e. The fraction of sp³-hybridized carbons (Fsp3) is 0.538. The van der Waals surface area contributed by atoms with Gasteiger partial charge in [-0.2, -0.15) is 0 Å². The molecule has 0 saturated carbocycles. The van der Waals surface area contributed by atoms with Crippen molar-refractivity contribution in [3.05, 3.63) is 29.0 Å². The van der Waals surface area contributed by atoms with E-state index in [2.05, 4.69) is 10.2 Å². The average molecular weight is 255 g/mol. The molecule has 1 N–H and O–H groups in total. The van der Waals surface area contributed by atoms with E-state index in [9.17, 15) is 4.39 Å². The number of anilines is 1. The molecule has 1 aromatic carbocycles. The molecule has 0 aromatic heterocycles. The molecular weight excluding hydrogens is 239 g/mol. The minimum absolute atomic E-state index is 0.185. The van der Waals surface area contributed by atoms with E-state index in [0.717, 1.165) is 18.2 Å². The first-order valence-corrected chi connectivity index (χ1v) is 6.54. The Kier molecular flexibility index (Phi) is 2.97. The van der Waals surface area contributed by atoms with Crippen molar-refractivity contribution in [3.63, 3.8) is 0 Å². The zero-order valence-electron chi connectivity index (χ0n) is 9.63. The van der Waals surface area contributed by atoms with Gasteiger partial charge in [0.1, 0.15) is 5.82 Å². The van der Waals surface area contributed by atoms with Gasteiger partial charge < -0.3 is 10.2 Å². The van der Waals surface area contributed by atoms with Crippen LogP contribution >= 0.6 is 11.6 Å². The summed E-state index contributed by atoms with van der Waals surface area (Å²) >= 11 is 5.68. The van der Waals surface area contributed by atoms with E-state index in [0.29, 0.717) is 6.04 Å². The molecule has 1 aromatic rings. The van der Waals surface area contributed by atoms with Crippen LogP contribution in [0.2, 0.25) is 5.02 Å². The summed E-state index contributed by atoms with van der Waals surface area (Å²) in [5.74, 6) is 0.386. The highest BCUT2D eigenvalue weighted by molar-refractivity contribution is 6.30. The van der Waals surface area contributed by atoms with Crippen molar-refractivity contribution in [2.24, 2.45) is 5.92 Å². The van der Waals surface area contributed by atoms with E-state index in [1.165, 1.54) is 32.0 Å². The molecule has 3 fully saturated rings. The van der Waals surface area contributed by atoms with Crippen LogP contribution in [0, 0.1) is 11.7 Å². The maximum atomic E-state index is 13.3. The minimum atomic E-state index is -0.349. The highest BCUT2D eigenvalue weighted by Gasteiger charge is 2.33. The normalized spacial score (nSPS) is 31.5. The third-order valence-corrected chi connectivity index (χ3v) is 4.23. The van der Waals surface area contributed by atoms with Crippen molar-refractivity contribution in [1.82, 2.24) is 4.90 Å². The fourth-order valence-corrected chi connectivity index (χ4v) is 3.05. The summed E-state index contributed by atoms with van der Waals surface area (Å²) in [7, 11) is 0. The molecule has 92 valence electrons. The monoisotopic (exact) mass is 254 g/mol. The van der Waals surface area contributed by atoms with Crippen molar-refractivity contribution in [1.29, 1.82) is 0 Å². The summed E-state index contributed by atoms with van der Waals surface area (Å²) in [5.41, 5.74) is 0.839. The number of hydrogen-bond acceptors (Lipinski definition) is 2. The lowest BCUT2D eigenvalue weighted by Gasteiger charge is -2.45. The van der Waals surface area contributed by atoms with Gasteiger partial charge in [-0.3, -0.25) is 0 Å². The molecular formula is C13H16ClFN2. The fourth-order valence-electron chi connectivity index (χ4n) is 2.93. The van der Waals surface area contributed by atoms with E-state index in [1.54, 1.807) is 6.07 Å². The van der Waals surface area contributed by atoms with Gasteiger partial charge in [-0.25, -0.2) is 4.39 Å². The van der Waals surface area contributed by atoms with Gasteiger partial charge in [0.05, 0.1) is 5.02 Å². The number of piperidine rings is 3. The van der Waals surface area contributed by atoms with Crippen molar-refractivity contribution >= 4 is 17.3 Å². The number of nitrogens with zero attached hydrogens (tertiary/aromatic N) is 1. The first-order valence-electron chi connectivity index (χ1n) is 6.16. The van der Waals surface area contributed by atoms with Gasteiger partial charge in [0, 0.05) is 18.3 Å². The number of nitrogens with one attached hydrogen (secondary N) is 1. The Balaban J connectivity index is 1.72. The molecule has 3 aliphatic rings. The standard InChI is InChI=1S/C13H16ClFN2/c14-11-2-1-10(7-12(11)15)16-13-8-17-5-3-9(13)4-6-17/h1-2,7,9,13,16H,3-6,8H2. The second-order valence-corrected chi connectivity index (χ2v) is 5.42. The first kappa shape index (κ1) is 11.3. The molecule has 17 heavy (non-hydrogen) atoms. The highest BCUT2D eigenvalue weighted by atomic mass is 35.5. The number of fused-ring (bicyclic) bond motifs is 3. The zero-order valence-corrected chi connectivity index (χ0v) is 10.4. The van der Waals surface area contributed by atoms with Gasteiger partial charge in [-0.15, -0.1) is 0 Å². The maximum absolute atomic E-state index is 13.3. The van der Waals surface area contributed by atoms with Crippen molar-refractivity contribution in [3.8, 4) is 0 Å². The Labute approximate surface area is 106 Å². The molecule has 4 heteroatoms. The van der Waals surface area contributed by atoms with Gasteiger partial charge in [0.2, 0.25) is 0 Å². The number of rotatable bonds is 2. The second kappa shape index (κ2) is 4.46. The molecule has 2 bridgehead atoms. The number of benzene rings is 1. The van der Waals surface area contributed by atoms with Crippen LogP contribution in [0.5, 0.6) is 0 Å². The lowest BCUT2D eigenvalue weighted by atomic mass is 9.84. The van der Waals surface area contributed by atoms with Crippen LogP contribution in [-0.4, -0.2) is 30.6 Å². The van der Waals surface area contributed by atoms with Crippen LogP contribution in [0.1, 0.15) is 12.8 Å². The molecule has 2 nitrogen and oxygen atoms in total. The summed E-state index contributed by atoms with van der Waals surface area (Å²) in [6, 6.07) is 5.40. The smallest absolute Gasteiger partial charge is 0.143 e. The SMILES string of the molecule is Fc1cc(NC2CN3CCC2CC3)ccc1Cl. The van der Waals surface area contributed by atoms with Crippen LogP contribution in [0.15, 0.2) is 18.2 Å². The summed E-state index contributed by atoms with van der Waals surface area (Å²) in [4.78, 5) is 2.48. The Hall–Kier alpha value is -0.800. The lowest BCUT2D eigenvalue weighted by molar-refractivity contribution is 0.0975. The molecule has 4 rings (SSSR count). The Bertz CT molecular complexity index is 416. The van der Waals surface area contributed by atoms with Crippen LogP contribution in [0.4, 0.5) is 10.1 Å². The summed E-state index contributed by atoms with van der Waals surface area (Å²) < 4.78 is 13.3. The van der Waals surface area contributed by atoms with Gasteiger partial charge >= 0.3 is 0 Å². The van der Waals surface area contributed by atoms with Gasteiger partial charge in [-0.1, -0.05) is 11.6 Å². The molecule has 1 atom stereocenters. The summed E-state index contributed by atoms with van der Waals surface area (Å²) in [6.45, 7) is 3.52. The maximum Gasteiger partial charge on any atom is 0.143 e. The van der Waals surface area contributed by atoms with Crippen LogP contribution in [-0.2, 0) is 0 Å². The van der Waals surface area contributed by atoms with E-state index < -0.39 is 0 Å². The van der Waals surface area contributed by atoms with Crippen LogP contribution in [0.25, 0.3) is 0 Å². The summed E-state index contributed by atoms with van der Waals surface area (Å²) in [6.07, 6.45) is 2.52. The Morgan fingerprint density at radius 3 is 2.65 bits per heavy atom. The Morgan fingerprint density at radius 2 is 2.06 bits per heavy atom. The molecule has 0 aliphatic carbocycles. The third-order valence-electron chi connectivity index (χ3n) is 3.93. The van der Waals surface area contributed by atoms with Gasteiger partial charge in [0.15, 0.2) is 0 Å². The van der Waals surface area contributed by atoms with E-state index in [-0.39, 0.29) is 10.8 Å². The van der Waals surface area contributed by atoms with E-state index in [4.69, 9.17) is 11.6 Å². The molecule has 3 aliphatic heterocycles. The highest BCUT2D eigenvalue weighted by Crippen LogP contribution is 2.30. The molecule has 3 heterocycles. The van der Waals surface area contributed by atoms with Crippen molar-refractivity contribution < 1.29 is 4.39 Å². The third kappa shape index (κ3) is 2.26. The van der Waals surface area contributed by atoms with Gasteiger partial charge in [-0.05, 0) is 50.0 Å². The van der Waals surface area contributed by atoms with Gasteiger partial charge in [0.25, 0.3) is 0 Å². The predicted octanol–water partition coefficient (Wildman–Crippen LogP) is 2.99. The van der Waals surface area contributed by atoms with Crippen molar-refractivity contribution in [2.75, 3.05) is 25.0 Å². The Morgan fingerprint density at radius 1 is 1.29 bits per heavy atom. The average Bonchev–Trinajstić information content (AvgIpc) is 2.35. The predicted molar refractivity (Wildman–Crippen MR) is 68.0 cm³/mol. The molecule has 3 saturated heterocycles. The van der Waals surface area contributed by atoms with Crippen LogP contribution < -0.4 is 5.32 Å². The van der Waals surface area contributed by atoms with E-state index >= 15 is 0 Å². The number of halogens is 2. The van der Waals surface area contributed by atoms with E-state index in [1.807, 2.05) is 6.07 Å². The molecule has 0 spiro atoms. The van der Waals surface area contributed by atoms with Crippen LogP contribution in [0.3, 0.4) is 0 Å². The zero-order chi connectivity index (χ0) is 11.8. The molecule has 0 amide bonds. The topological polar surface area (TPSA) is 15.3 Å².